The standard InChI is InChI=1S/C15H17ClN2/c16-11-4-3-9-18-13-5-8-15(6-1-2-7-15)10-12(13)17-14(11)18/h3-4,9H,1-2,5-8,10H2. The largest absolute Gasteiger partial charge is 0.303 e. The number of pyridine rings is 1. The zero-order valence-electron chi connectivity index (χ0n) is 10.5. The molecule has 1 saturated carbocycles. The minimum absolute atomic E-state index is 0.567. The fourth-order valence-corrected chi connectivity index (χ4v) is 4.12. The second-order valence-corrected chi connectivity index (χ2v) is 6.35. The van der Waals surface area contributed by atoms with Crippen LogP contribution in [0.15, 0.2) is 18.3 Å². The summed E-state index contributed by atoms with van der Waals surface area (Å²) in [4.78, 5) is 4.80. The van der Waals surface area contributed by atoms with E-state index in [1.165, 1.54) is 49.9 Å². The summed E-state index contributed by atoms with van der Waals surface area (Å²) in [6.07, 6.45) is 11.4. The van der Waals surface area contributed by atoms with Crippen molar-refractivity contribution in [2.24, 2.45) is 5.41 Å². The molecule has 0 saturated heterocycles. The first-order chi connectivity index (χ1) is 8.77. The van der Waals surface area contributed by atoms with Gasteiger partial charge in [-0.1, -0.05) is 24.4 Å². The lowest BCUT2D eigenvalue weighted by Gasteiger charge is -2.32. The van der Waals surface area contributed by atoms with Gasteiger partial charge in [0.1, 0.15) is 0 Å². The van der Waals surface area contributed by atoms with Crippen molar-refractivity contribution in [2.75, 3.05) is 0 Å². The fraction of sp³-hybridized carbons (Fsp3) is 0.533. The Morgan fingerprint density at radius 3 is 2.89 bits per heavy atom. The molecule has 4 rings (SSSR count). The third kappa shape index (κ3) is 1.45. The minimum atomic E-state index is 0.567. The molecule has 0 radical (unpaired) electrons. The highest BCUT2D eigenvalue weighted by molar-refractivity contribution is 6.33. The zero-order chi connectivity index (χ0) is 12.2. The van der Waals surface area contributed by atoms with E-state index in [2.05, 4.69) is 10.6 Å². The maximum atomic E-state index is 6.24. The van der Waals surface area contributed by atoms with Crippen LogP contribution >= 0.6 is 11.6 Å². The predicted octanol–water partition coefficient (Wildman–Crippen LogP) is 4.04. The van der Waals surface area contributed by atoms with Gasteiger partial charge in [0.2, 0.25) is 0 Å². The van der Waals surface area contributed by atoms with Crippen LogP contribution < -0.4 is 0 Å². The van der Waals surface area contributed by atoms with Crippen molar-refractivity contribution in [3.05, 3.63) is 34.7 Å². The molecule has 94 valence electrons. The number of halogens is 1. The minimum Gasteiger partial charge on any atom is -0.303 e. The Kier molecular flexibility index (Phi) is 2.25. The molecule has 2 aliphatic carbocycles. The number of aryl methyl sites for hydroxylation is 1. The fourth-order valence-electron chi connectivity index (χ4n) is 3.92. The van der Waals surface area contributed by atoms with E-state index in [-0.39, 0.29) is 0 Å². The van der Waals surface area contributed by atoms with Gasteiger partial charge in [0.15, 0.2) is 5.65 Å². The molecule has 2 heterocycles. The molecule has 0 aliphatic heterocycles. The van der Waals surface area contributed by atoms with E-state index in [0.29, 0.717) is 5.41 Å². The highest BCUT2D eigenvalue weighted by atomic mass is 35.5. The smallest absolute Gasteiger partial charge is 0.156 e. The van der Waals surface area contributed by atoms with Crippen molar-refractivity contribution in [3.8, 4) is 0 Å². The Morgan fingerprint density at radius 2 is 2.06 bits per heavy atom. The number of rotatable bonds is 0. The van der Waals surface area contributed by atoms with Crippen LogP contribution in [0.5, 0.6) is 0 Å². The van der Waals surface area contributed by atoms with Gasteiger partial charge in [-0.3, -0.25) is 0 Å². The van der Waals surface area contributed by atoms with E-state index < -0.39 is 0 Å². The quantitative estimate of drug-likeness (QED) is 0.699. The van der Waals surface area contributed by atoms with Crippen molar-refractivity contribution < 1.29 is 0 Å². The van der Waals surface area contributed by atoms with Crippen LogP contribution in [-0.4, -0.2) is 9.38 Å². The number of hydrogen-bond acceptors (Lipinski definition) is 1. The third-order valence-electron chi connectivity index (χ3n) is 4.88. The first-order valence-electron chi connectivity index (χ1n) is 6.92. The molecule has 2 aromatic rings. The van der Waals surface area contributed by atoms with E-state index in [1.807, 2.05) is 12.1 Å². The number of nitrogens with zero attached hydrogens (tertiary/aromatic N) is 2. The summed E-state index contributed by atoms with van der Waals surface area (Å²) in [5.41, 5.74) is 4.21. The normalized spacial score (nSPS) is 21.6. The highest BCUT2D eigenvalue weighted by Crippen LogP contribution is 2.47. The molecular weight excluding hydrogens is 244 g/mol. The molecule has 2 aliphatic rings. The van der Waals surface area contributed by atoms with Crippen LogP contribution in [-0.2, 0) is 12.8 Å². The van der Waals surface area contributed by atoms with E-state index in [9.17, 15) is 0 Å². The summed E-state index contributed by atoms with van der Waals surface area (Å²) in [6.45, 7) is 0. The van der Waals surface area contributed by atoms with Gasteiger partial charge in [-0.25, -0.2) is 4.98 Å². The Hall–Kier alpha value is -1.02. The second-order valence-electron chi connectivity index (χ2n) is 5.94. The van der Waals surface area contributed by atoms with Crippen LogP contribution in [0, 0.1) is 5.41 Å². The van der Waals surface area contributed by atoms with Gasteiger partial charge in [0.25, 0.3) is 0 Å². The van der Waals surface area contributed by atoms with Gasteiger partial charge in [-0.2, -0.15) is 0 Å². The summed E-state index contributed by atoms with van der Waals surface area (Å²) in [6, 6.07) is 3.94. The van der Waals surface area contributed by atoms with Gasteiger partial charge in [-0.15, -0.1) is 0 Å². The second kappa shape index (κ2) is 3.74. The monoisotopic (exact) mass is 260 g/mol. The topological polar surface area (TPSA) is 17.3 Å². The van der Waals surface area contributed by atoms with Crippen molar-refractivity contribution >= 4 is 17.2 Å². The van der Waals surface area contributed by atoms with Crippen molar-refractivity contribution in [1.82, 2.24) is 9.38 Å². The van der Waals surface area contributed by atoms with Crippen molar-refractivity contribution in [1.29, 1.82) is 0 Å². The summed E-state index contributed by atoms with van der Waals surface area (Å²) in [5, 5.41) is 0.771. The Morgan fingerprint density at radius 1 is 1.22 bits per heavy atom. The summed E-state index contributed by atoms with van der Waals surface area (Å²) >= 11 is 6.24. The SMILES string of the molecule is Clc1cccn2c3c(nc12)CC1(CCCC1)CC3. The lowest BCUT2D eigenvalue weighted by Crippen LogP contribution is -2.26. The molecule has 1 spiro atoms. The molecule has 0 atom stereocenters. The van der Waals surface area contributed by atoms with Gasteiger partial charge < -0.3 is 4.40 Å². The van der Waals surface area contributed by atoms with Crippen molar-refractivity contribution in [2.45, 2.75) is 44.9 Å². The van der Waals surface area contributed by atoms with Gasteiger partial charge in [0, 0.05) is 11.9 Å². The molecule has 2 nitrogen and oxygen atoms in total. The average molecular weight is 261 g/mol. The summed E-state index contributed by atoms with van der Waals surface area (Å²) in [7, 11) is 0. The Bertz CT molecular complexity index is 608. The van der Waals surface area contributed by atoms with E-state index in [1.54, 1.807) is 0 Å². The number of imidazole rings is 1. The van der Waals surface area contributed by atoms with Crippen LogP contribution in [0.1, 0.15) is 43.5 Å². The number of fused-ring (bicyclic) bond motifs is 3. The summed E-state index contributed by atoms with van der Waals surface area (Å²) in [5.74, 6) is 0. The van der Waals surface area contributed by atoms with E-state index in [0.717, 1.165) is 17.1 Å². The van der Waals surface area contributed by atoms with Crippen molar-refractivity contribution in [3.63, 3.8) is 0 Å². The molecule has 0 bridgehead atoms. The highest BCUT2D eigenvalue weighted by Gasteiger charge is 2.38. The molecule has 2 aromatic heterocycles. The maximum Gasteiger partial charge on any atom is 0.156 e. The molecule has 0 amide bonds. The Balaban J connectivity index is 1.85. The van der Waals surface area contributed by atoms with Crippen LogP contribution in [0.2, 0.25) is 5.02 Å². The van der Waals surface area contributed by atoms with E-state index in [4.69, 9.17) is 16.6 Å². The average Bonchev–Trinajstić information content (AvgIpc) is 2.95. The van der Waals surface area contributed by atoms with Crippen LogP contribution in [0.25, 0.3) is 5.65 Å². The van der Waals surface area contributed by atoms with Gasteiger partial charge in [-0.05, 0) is 49.7 Å². The van der Waals surface area contributed by atoms with Crippen LogP contribution in [0.4, 0.5) is 0 Å². The third-order valence-corrected chi connectivity index (χ3v) is 5.18. The molecular formula is C15H17ClN2. The molecule has 18 heavy (non-hydrogen) atoms. The van der Waals surface area contributed by atoms with Crippen LogP contribution in [0.3, 0.4) is 0 Å². The maximum absolute atomic E-state index is 6.24. The first-order valence-corrected chi connectivity index (χ1v) is 7.30. The Labute approximate surface area is 112 Å². The molecule has 0 N–H and O–H groups in total. The number of aromatic nitrogens is 2. The molecule has 3 heteroatoms. The zero-order valence-corrected chi connectivity index (χ0v) is 11.2. The predicted molar refractivity (Wildman–Crippen MR) is 73.1 cm³/mol. The molecule has 1 fully saturated rings. The number of hydrogen-bond donors (Lipinski definition) is 0. The lowest BCUT2D eigenvalue weighted by molar-refractivity contribution is 0.250. The van der Waals surface area contributed by atoms with Gasteiger partial charge in [0.05, 0.1) is 10.7 Å². The molecule has 0 unspecified atom stereocenters. The first kappa shape index (κ1) is 10.9. The lowest BCUT2D eigenvalue weighted by atomic mass is 9.73. The molecule has 0 aromatic carbocycles. The summed E-state index contributed by atoms with van der Waals surface area (Å²) < 4.78 is 2.19. The van der Waals surface area contributed by atoms with E-state index >= 15 is 0 Å². The van der Waals surface area contributed by atoms with Gasteiger partial charge >= 0.3 is 0 Å².